The number of benzene rings is 2. The van der Waals surface area contributed by atoms with Crippen LogP contribution in [0.4, 0.5) is 17.2 Å². The average Bonchev–Trinajstić information content (AvgIpc) is 2.54. The summed E-state index contributed by atoms with van der Waals surface area (Å²) in [5.74, 6) is 1.34. The van der Waals surface area contributed by atoms with Crippen molar-refractivity contribution in [3.8, 4) is 11.6 Å². The van der Waals surface area contributed by atoms with Gasteiger partial charge < -0.3 is 15.8 Å². The van der Waals surface area contributed by atoms with Gasteiger partial charge in [0.2, 0.25) is 5.88 Å². The van der Waals surface area contributed by atoms with Crippen LogP contribution in [0, 0.1) is 13.8 Å². The highest BCUT2D eigenvalue weighted by Gasteiger charge is 2.11. The van der Waals surface area contributed by atoms with Crippen LogP contribution in [0.2, 0.25) is 10.0 Å². The van der Waals surface area contributed by atoms with Crippen LogP contribution in [0.15, 0.2) is 42.7 Å². The maximum absolute atomic E-state index is 6.14. The van der Waals surface area contributed by atoms with Gasteiger partial charge in [-0.1, -0.05) is 29.3 Å². The Morgan fingerprint density at radius 1 is 0.960 bits per heavy atom. The number of nitrogen functional groups attached to an aromatic ring is 1. The zero-order valence-electron chi connectivity index (χ0n) is 13.7. The molecule has 3 rings (SSSR count). The zero-order valence-corrected chi connectivity index (χ0v) is 15.2. The monoisotopic (exact) mass is 374 g/mol. The fraction of sp³-hybridized carbons (Fsp3) is 0.111. The normalized spacial score (nSPS) is 10.6. The second kappa shape index (κ2) is 7.17. The van der Waals surface area contributed by atoms with Crippen LogP contribution in [0.25, 0.3) is 0 Å². The fourth-order valence-electron chi connectivity index (χ4n) is 2.21. The van der Waals surface area contributed by atoms with Crippen LogP contribution in [0.1, 0.15) is 11.1 Å². The molecule has 0 aliphatic carbocycles. The number of nitrogens with zero attached hydrogens (tertiary/aromatic N) is 2. The molecular weight excluding hydrogens is 359 g/mol. The summed E-state index contributed by atoms with van der Waals surface area (Å²) in [6.07, 6.45) is 1.38. The molecule has 1 heterocycles. The summed E-state index contributed by atoms with van der Waals surface area (Å²) in [6.45, 7) is 4.05. The minimum absolute atomic E-state index is 0.272. The zero-order chi connectivity index (χ0) is 18.0. The van der Waals surface area contributed by atoms with Gasteiger partial charge >= 0.3 is 0 Å². The Kier molecular flexibility index (Phi) is 4.97. The van der Waals surface area contributed by atoms with E-state index in [4.69, 9.17) is 33.7 Å². The lowest BCUT2D eigenvalue weighted by Crippen LogP contribution is -2.03. The third kappa shape index (κ3) is 4.13. The molecule has 0 bridgehead atoms. The number of aryl methyl sites for hydroxylation is 2. The van der Waals surface area contributed by atoms with Crippen molar-refractivity contribution in [3.05, 3.63) is 63.9 Å². The molecule has 2 aromatic carbocycles. The maximum atomic E-state index is 6.14. The van der Waals surface area contributed by atoms with E-state index in [0.29, 0.717) is 27.3 Å². The molecule has 0 radical (unpaired) electrons. The van der Waals surface area contributed by atoms with Crippen LogP contribution in [0.5, 0.6) is 11.6 Å². The lowest BCUT2D eigenvalue weighted by molar-refractivity contribution is 0.464. The molecule has 0 aliphatic rings. The van der Waals surface area contributed by atoms with Crippen LogP contribution in [0.3, 0.4) is 0 Å². The Morgan fingerprint density at radius 2 is 1.68 bits per heavy atom. The SMILES string of the molecule is Cc1ccc(Oc2ncnc(Nc3cc(Cl)cc(Cl)c3)c2N)cc1C. The molecular formula is C18H16Cl2N4O. The van der Waals surface area contributed by atoms with E-state index in [2.05, 4.69) is 15.3 Å². The first kappa shape index (κ1) is 17.3. The van der Waals surface area contributed by atoms with Crippen molar-refractivity contribution in [3.63, 3.8) is 0 Å². The first-order valence-corrected chi connectivity index (χ1v) is 8.26. The van der Waals surface area contributed by atoms with E-state index >= 15 is 0 Å². The number of anilines is 3. The second-order valence-electron chi connectivity index (χ2n) is 5.57. The quantitative estimate of drug-likeness (QED) is 0.628. The topological polar surface area (TPSA) is 73.1 Å². The average molecular weight is 375 g/mol. The maximum Gasteiger partial charge on any atom is 0.248 e. The molecule has 0 aliphatic heterocycles. The van der Waals surface area contributed by atoms with Crippen molar-refractivity contribution >= 4 is 40.4 Å². The number of nitrogens with two attached hydrogens (primary N) is 1. The molecule has 0 atom stereocenters. The molecule has 0 fully saturated rings. The third-order valence-electron chi connectivity index (χ3n) is 3.67. The summed E-state index contributed by atoms with van der Waals surface area (Å²) < 4.78 is 5.80. The molecule has 0 amide bonds. The van der Waals surface area contributed by atoms with Gasteiger partial charge in [0, 0.05) is 15.7 Å². The van der Waals surface area contributed by atoms with Gasteiger partial charge in [-0.2, -0.15) is 4.98 Å². The molecule has 3 N–H and O–H groups in total. The first-order chi connectivity index (χ1) is 11.9. The minimum Gasteiger partial charge on any atom is -0.437 e. The van der Waals surface area contributed by atoms with Gasteiger partial charge in [-0.05, 0) is 55.3 Å². The smallest absolute Gasteiger partial charge is 0.248 e. The van der Waals surface area contributed by atoms with Gasteiger partial charge in [0.15, 0.2) is 5.82 Å². The summed E-state index contributed by atoms with van der Waals surface area (Å²) in [5.41, 5.74) is 9.41. The Hall–Kier alpha value is -2.50. The molecule has 25 heavy (non-hydrogen) atoms. The Labute approximate surface area is 155 Å². The van der Waals surface area contributed by atoms with Crippen molar-refractivity contribution in [1.82, 2.24) is 9.97 Å². The lowest BCUT2D eigenvalue weighted by Gasteiger charge is -2.13. The van der Waals surface area contributed by atoms with E-state index in [-0.39, 0.29) is 11.6 Å². The summed E-state index contributed by atoms with van der Waals surface area (Å²) in [4.78, 5) is 8.27. The highest BCUT2D eigenvalue weighted by molar-refractivity contribution is 6.35. The summed E-state index contributed by atoms with van der Waals surface area (Å²) in [5, 5.41) is 4.09. The Balaban J connectivity index is 1.87. The van der Waals surface area contributed by atoms with E-state index in [1.54, 1.807) is 18.2 Å². The standard InChI is InChI=1S/C18H16Cl2N4O/c1-10-3-4-15(5-11(10)2)25-18-16(21)17(22-9-23-18)24-14-7-12(19)6-13(20)8-14/h3-9H,21H2,1-2H3,(H,22,23,24). The molecule has 0 saturated heterocycles. The summed E-state index contributed by atoms with van der Waals surface area (Å²) in [6, 6.07) is 10.9. The van der Waals surface area contributed by atoms with E-state index in [0.717, 1.165) is 5.56 Å². The Bertz CT molecular complexity index is 911. The highest BCUT2D eigenvalue weighted by atomic mass is 35.5. The van der Waals surface area contributed by atoms with Gasteiger partial charge in [-0.3, -0.25) is 0 Å². The lowest BCUT2D eigenvalue weighted by atomic mass is 10.1. The predicted octanol–water partition coefficient (Wildman–Crippen LogP) is 5.52. The van der Waals surface area contributed by atoms with Gasteiger partial charge in [0.05, 0.1) is 0 Å². The van der Waals surface area contributed by atoms with Crippen molar-refractivity contribution < 1.29 is 4.74 Å². The largest absolute Gasteiger partial charge is 0.437 e. The number of rotatable bonds is 4. The van der Waals surface area contributed by atoms with Crippen molar-refractivity contribution in [1.29, 1.82) is 0 Å². The number of hydrogen-bond acceptors (Lipinski definition) is 5. The van der Waals surface area contributed by atoms with Crippen molar-refractivity contribution in [2.75, 3.05) is 11.1 Å². The number of hydrogen-bond donors (Lipinski definition) is 2. The fourth-order valence-corrected chi connectivity index (χ4v) is 2.74. The number of halogens is 2. The number of nitrogens with one attached hydrogen (secondary N) is 1. The first-order valence-electron chi connectivity index (χ1n) is 7.51. The Morgan fingerprint density at radius 3 is 2.36 bits per heavy atom. The number of ether oxygens (including phenoxy) is 1. The van der Waals surface area contributed by atoms with Crippen LogP contribution >= 0.6 is 23.2 Å². The minimum atomic E-state index is 0.272. The highest BCUT2D eigenvalue weighted by Crippen LogP contribution is 2.32. The van der Waals surface area contributed by atoms with Crippen LogP contribution < -0.4 is 15.8 Å². The van der Waals surface area contributed by atoms with Crippen molar-refractivity contribution in [2.24, 2.45) is 0 Å². The predicted molar refractivity (Wildman–Crippen MR) is 102 cm³/mol. The van der Waals surface area contributed by atoms with Gasteiger partial charge in [-0.25, -0.2) is 4.98 Å². The molecule has 5 nitrogen and oxygen atoms in total. The van der Waals surface area contributed by atoms with Crippen LogP contribution in [-0.4, -0.2) is 9.97 Å². The van der Waals surface area contributed by atoms with E-state index in [9.17, 15) is 0 Å². The molecule has 0 spiro atoms. The van der Waals surface area contributed by atoms with Gasteiger partial charge in [-0.15, -0.1) is 0 Å². The second-order valence-corrected chi connectivity index (χ2v) is 6.45. The molecule has 0 unspecified atom stereocenters. The summed E-state index contributed by atoms with van der Waals surface area (Å²) >= 11 is 12.0. The summed E-state index contributed by atoms with van der Waals surface area (Å²) in [7, 11) is 0. The number of aromatic nitrogens is 2. The van der Waals surface area contributed by atoms with Gasteiger partial charge in [0.25, 0.3) is 0 Å². The molecule has 0 saturated carbocycles. The van der Waals surface area contributed by atoms with E-state index in [1.165, 1.54) is 11.9 Å². The van der Waals surface area contributed by atoms with Crippen LogP contribution in [-0.2, 0) is 0 Å². The van der Waals surface area contributed by atoms with Gasteiger partial charge in [0.1, 0.15) is 17.8 Å². The molecule has 7 heteroatoms. The van der Waals surface area contributed by atoms with Crippen molar-refractivity contribution in [2.45, 2.75) is 13.8 Å². The van der Waals surface area contributed by atoms with E-state index < -0.39 is 0 Å². The molecule has 128 valence electrons. The molecule has 3 aromatic rings. The molecule has 1 aromatic heterocycles. The third-order valence-corrected chi connectivity index (χ3v) is 4.10. The van der Waals surface area contributed by atoms with E-state index in [1.807, 2.05) is 32.0 Å².